The Balaban J connectivity index is 2.82. The summed E-state index contributed by atoms with van der Waals surface area (Å²) in [7, 11) is 0. The number of rotatable bonds is 4. The molecule has 0 aliphatic heterocycles. The molecule has 0 aliphatic rings. The molecule has 0 fully saturated rings. The summed E-state index contributed by atoms with van der Waals surface area (Å²) in [6, 6.07) is 0. The van der Waals surface area contributed by atoms with Crippen LogP contribution in [0, 0.1) is 0 Å². The van der Waals surface area contributed by atoms with Gasteiger partial charge in [-0.3, -0.25) is 0 Å². The molecule has 1 aromatic rings. The van der Waals surface area contributed by atoms with Crippen molar-refractivity contribution in [2.45, 2.75) is 65.3 Å². The molecule has 0 aliphatic carbocycles. The molecule has 1 heterocycles. The van der Waals surface area contributed by atoms with Crippen molar-refractivity contribution >= 4 is 0 Å². The molecule has 0 bridgehead atoms. The first kappa shape index (κ1) is 12.1. The fourth-order valence-electron chi connectivity index (χ4n) is 1.54. The Hall–Kier alpha value is -0.930. The van der Waals surface area contributed by atoms with Crippen molar-refractivity contribution in [1.29, 1.82) is 0 Å². The highest BCUT2D eigenvalue weighted by Gasteiger charge is 2.20. The molecule has 0 saturated carbocycles. The van der Waals surface area contributed by atoms with Gasteiger partial charge in [-0.25, -0.2) is 0 Å². The zero-order chi connectivity index (χ0) is 11.5. The molecule has 0 amide bonds. The van der Waals surface area contributed by atoms with Crippen LogP contribution in [-0.4, -0.2) is 20.2 Å². The number of hydrogen-bond acceptors (Lipinski definition) is 3. The Morgan fingerprint density at radius 1 is 1.27 bits per heavy atom. The number of aromatic nitrogens is 4. The summed E-state index contributed by atoms with van der Waals surface area (Å²) >= 11 is 0. The average Bonchev–Trinajstić information content (AvgIpc) is 2.62. The molecule has 1 atom stereocenters. The largest absolute Gasteiger partial charge is 0.177 e. The summed E-state index contributed by atoms with van der Waals surface area (Å²) in [6.45, 7) is 10.6. The molecular weight excluding hydrogens is 188 g/mol. The zero-order valence-electron chi connectivity index (χ0n) is 10.5. The normalized spacial score (nSPS) is 14.2. The monoisotopic (exact) mass is 210 g/mol. The first-order valence-corrected chi connectivity index (χ1v) is 5.79. The van der Waals surface area contributed by atoms with Crippen molar-refractivity contribution in [3.63, 3.8) is 0 Å². The molecule has 15 heavy (non-hydrogen) atoms. The zero-order valence-corrected chi connectivity index (χ0v) is 10.5. The SMILES string of the molecule is CCCC(CC)c1nnn(C(C)(C)C)n1. The quantitative estimate of drug-likeness (QED) is 0.767. The summed E-state index contributed by atoms with van der Waals surface area (Å²) in [5.41, 5.74) is -0.0737. The Morgan fingerprint density at radius 3 is 2.33 bits per heavy atom. The average molecular weight is 210 g/mol. The van der Waals surface area contributed by atoms with Crippen LogP contribution in [0.2, 0.25) is 0 Å². The molecular formula is C11H22N4. The minimum Gasteiger partial charge on any atom is -0.159 e. The van der Waals surface area contributed by atoms with Crippen molar-refractivity contribution in [1.82, 2.24) is 20.2 Å². The number of nitrogens with zero attached hydrogens (tertiary/aromatic N) is 4. The van der Waals surface area contributed by atoms with Gasteiger partial charge < -0.3 is 0 Å². The van der Waals surface area contributed by atoms with Crippen molar-refractivity contribution in [3.8, 4) is 0 Å². The fourth-order valence-corrected chi connectivity index (χ4v) is 1.54. The van der Waals surface area contributed by atoms with E-state index in [-0.39, 0.29) is 5.54 Å². The van der Waals surface area contributed by atoms with Crippen LogP contribution in [0.4, 0.5) is 0 Å². The number of tetrazole rings is 1. The van der Waals surface area contributed by atoms with Gasteiger partial charge in [0.05, 0.1) is 5.54 Å². The van der Waals surface area contributed by atoms with Crippen LogP contribution >= 0.6 is 0 Å². The fraction of sp³-hybridized carbons (Fsp3) is 0.909. The lowest BCUT2D eigenvalue weighted by Crippen LogP contribution is -2.24. The maximum absolute atomic E-state index is 4.47. The van der Waals surface area contributed by atoms with E-state index in [1.165, 1.54) is 6.42 Å². The molecule has 1 rings (SSSR count). The van der Waals surface area contributed by atoms with Crippen molar-refractivity contribution in [3.05, 3.63) is 5.82 Å². The standard InChI is InChI=1S/C11H22N4/c1-6-8-9(7-2)10-12-14-15(13-10)11(3,4)5/h9H,6-8H2,1-5H3. The highest BCUT2D eigenvalue weighted by Crippen LogP contribution is 2.21. The topological polar surface area (TPSA) is 43.6 Å². The van der Waals surface area contributed by atoms with Crippen molar-refractivity contribution < 1.29 is 0 Å². The molecule has 0 aromatic carbocycles. The molecule has 86 valence electrons. The maximum Gasteiger partial charge on any atom is 0.177 e. The predicted octanol–water partition coefficient (Wildman–Crippen LogP) is 2.72. The minimum absolute atomic E-state index is 0.0737. The number of hydrogen-bond donors (Lipinski definition) is 0. The summed E-state index contributed by atoms with van der Waals surface area (Å²) in [5.74, 6) is 1.36. The molecule has 1 aromatic heterocycles. The van der Waals surface area contributed by atoms with Gasteiger partial charge in [-0.2, -0.15) is 4.80 Å². The third-order valence-electron chi connectivity index (χ3n) is 2.52. The van der Waals surface area contributed by atoms with E-state index in [0.717, 1.165) is 18.7 Å². The van der Waals surface area contributed by atoms with Gasteiger partial charge in [0.2, 0.25) is 0 Å². The van der Waals surface area contributed by atoms with Crippen LogP contribution in [0.1, 0.15) is 65.6 Å². The van der Waals surface area contributed by atoms with E-state index in [1.54, 1.807) is 4.80 Å². The molecule has 0 saturated heterocycles. The van der Waals surface area contributed by atoms with E-state index in [0.29, 0.717) is 5.92 Å². The van der Waals surface area contributed by atoms with Gasteiger partial charge in [0, 0.05) is 5.92 Å². The van der Waals surface area contributed by atoms with Crippen LogP contribution in [0.5, 0.6) is 0 Å². The highest BCUT2D eigenvalue weighted by molar-refractivity contribution is 4.90. The minimum atomic E-state index is -0.0737. The van der Waals surface area contributed by atoms with Gasteiger partial charge in [-0.05, 0) is 38.8 Å². The summed E-state index contributed by atoms with van der Waals surface area (Å²) in [6.07, 6.45) is 3.40. The second-order valence-corrected chi connectivity index (χ2v) is 5.00. The van der Waals surface area contributed by atoms with Crippen molar-refractivity contribution in [2.24, 2.45) is 0 Å². The van der Waals surface area contributed by atoms with Gasteiger partial charge in [0.25, 0.3) is 0 Å². The first-order chi connectivity index (χ1) is 6.99. The van der Waals surface area contributed by atoms with Crippen LogP contribution in [-0.2, 0) is 5.54 Å². The van der Waals surface area contributed by atoms with E-state index in [1.807, 2.05) is 0 Å². The molecule has 1 unspecified atom stereocenters. The molecule has 0 spiro atoms. The van der Waals surface area contributed by atoms with Gasteiger partial charge in [0.15, 0.2) is 5.82 Å². The second kappa shape index (κ2) is 4.73. The van der Waals surface area contributed by atoms with E-state index >= 15 is 0 Å². The van der Waals surface area contributed by atoms with Crippen LogP contribution in [0.15, 0.2) is 0 Å². The molecule has 4 nitrogen and oxygen atoms in total. The molecule has 4 heteroatoms. The van der Waals surface area contributed by atoms with E-state index in [9.17, 15) is 0 Å². The Kier molecular flexibility index (Phi) is 3.83. The third-order valence-corrected chi connectivity index (χ3v) is 2.52. The summed E-state index contributed by atoms with van der Waals surface area (Å²) in [5, 5.41) is 12.7. The predicted molar refractivity (Wildman–Crippen MR) is 60.8 cm³/mol. The van der Waals surface area contributed by atoms with E-state index < -0.39 is 0 Å². The second-order valence-electron chi connectivity index (χ2n) is 5.00. The van der Waals surface area contributed by atoms with Crippen molar-refractivity contribution in [2.75, 3.05) is 0 Å². The summed E-state index contributed by atoms with van der Waals surface area (Å²) in [4.78, 5) is 1.71. The first-order valence-electron chi connectivity index (χ1n) is 5.79. The lowest BCUT2D eigenvalue weighted by atomic mass is 10.0. The van der Waals surface area contributed by atoms with E-state index in [2.05, 4.69) is 50.0 Å². The van der Waals surface area contributed by atoms with Crippen LogP contribution in [0.25, 0.3) is 0 Å². The molecule has 0 N–H and O–H groups in total. The third kappa shape index (κ3) is 3.01. The Bertz CT molecular complexity index is 298. The lowest BCUT2D eigenvalue weighted by molar-refractivity contribution is 0.304. The Labute approximate surface area is 92.1 Å². The van der Waals surface area contributed by atoms with Gasteiger partial charge in [-0.15, -0.1) is 10.2 Å². The smallest absolute Gasteiger partial charge is 0.159 e. The van der Waals surface area contributed by atoms with Crippen LogP contribution < -0.4 is 0 Å². The van der Waals surface area contributed by atoms with E-state index in [4.69, 9.17) is 0 Å². The van der Waals surface area contributed by atoms with Gasteiger partial charge in [0.1, 0.15) is 0 Å². The Morgan fingerprint density at radius 2 is 1.93 bits per heavy atom. The van der Waals surface area contributed by atoms with Crippen LogP contribution in [0.3, 0.4) is 0 Å². The maximum atomic E-state index is 4.47. The molecule has 0 radical (unpaired) electrons. The lowest BCUT2D eigenvalue weighted by Gasteiger charge is -2.15. The highest BCUT2D eigenvalue weighted by atomic mass is 15.6. The van der Waals surface area contributed by atoms with Gasteiger partial charge in [-0.1, -0.05) is 20.3 Å². The van der Waals surface area contributed by atoms with Gasteiger partial charge >= 0.3 is 0 Å². The summed E-state index contributed by atoms with van der Waals surface area (Å²) < 4.78 is 0.